The molecule has 0 spiro atoms. The van der Waals surface area contributed by atoms with Crippen LogP contribution in [0.1, 0.15) is 56.0 Å². The number of hydrogen-bond donors (Lipinski definition) is 1. The van der Waals surface area contributed by atoms with E-state index in [0.29, 0.717) is 11.0 Å². The zero-order valence-corrected chi connectivity index (χ0v) is 13.4. The maximum Gasteiger partial charge on any atom is 0.335 e. The van der Waals surface area contributed by atoms with Crippen molar-refractivity contribution in [3.8, 4) is 0 Å². The quantitative estimate of drug-likeness (QED) is 0.913. The van der Waals surface area contributed by atoms with E-state index in [1.807, 2.05) is 12.1 Å². The number of nitrogens with zero attached hydrogens (tertiary/aromatic N) is 1. The molecule has 1 aromatic rings. The van der Waals surface area contributed by atoms with Crippen molar-refractivity contribution in [1.29, 1.82) is 0 Å². The van der Waals surface area contributed by atoms with Gasteiger partial charge in [0.2, 0.25) is 0 Å². The van der Waals surface area contributed by atoms with Gasteiger partial charge in [0, 0.05) is 6.54 Å². The molecule has 0 aromatic heterocycles. The normalized spacial score (nSPS) is 21.0. The number of carbonyl (C=O) groups is 1. The SMILES string of the molecule is CC(C)(C)C1CCCN(Cc2ccc(C(=O)O)cc2)CC1. The standard InChI is InChI=1S/C18H27NO2/c1-18(2,3)16-5-4-11-19(12-10-16)13-14-6-8-15(9-7-14)17(20)21/h6-9,16H,4-5,10-13H2,1-3H3,(H,20,21). The summed E-state index contributed by atoms with van der Waals surface area (Å²) in [5.41, 5.74) is 1.97. The Morgan fingerprint density at radius 1 is 1.19 bits per heavy atom. The fraction of sp³-hybridized carbons (Fsp3) is 0.611. The summed E-state index contributed by atoms with van der Waals surface area (Å²) < 4.78 is 0. The topological polar surface area (TPSA) is 40.5 Å². The van der Waals surface area contributed by atoms with Gasteiger partial charge in [-0.2, -0.15) is 0 Å². The van der Waals surface area contributed by atoms with Gasteiger partial charge in [0.1, 0.15) is 0 Å². The van der Waals surface area contributed by atoms with Crippen molar-refractivity contribution < 1.29 is 9.90 Å². The lowest BCUT2D eigenvalue weighted by molar-refractivity contribution is 0.0697. The molecule has 1 N–H and O–H groups in total. The molecule has 1 aliphatic heterocycles. The second-order valence-corrected chi connectivity index (χ2v) is 7.27. The van der Waals surface area contributed by atoms with E-state index in [9.17, 15) is 4.79 Å². The van der Waals surface area contributed by atoms with E-state index in [2.05, 4.69) is 25.7 Å². The molecule has 116 valence electrons. The van der Waals surface area contributed by atoms with Gasteiger partial charge in [-0.3, -0.25) is 4.90 Å². The van der Waals surface area contributed by atoms with Crippen molar-refractivity contribution in [2.24, 2.45) is 11.3 Å². The summed E-state index contributed by atoms with van der Waals surface area (Å²) in [6, 6.07) is 7.28. The van der Waals surface area contributed by atoms with Gasteiger partial charge in [-0.25, -0.2) is 4.79 Å². The van der Waals surface area contributed by atoms with E-state index >= 15 is 0 Å². The van der Waals surface area contributed by atoms with Gasteiger partial charge >= 0.3 is 5.97 Å². The Morgan fingerprint density at radius 3 is 2.43 bits per heavy atom. The first-order chi connectivity index (χ1) is 9.86. The minimum absolute atomic E-state index is 0.363. The number of benzene rings is 1. The molecule has 1 saturated heterocycles. The van der Waals surface area contributed by atoms with Crippen LogP contribution in [0.4, 0.5) is 0 Å². The van der Waals surface area contributed by atoms with E-state index in [-0.39, 0.29) is 0 Å². The highest BCUT2D eigenvalue weighted by Gasteiger charge is 2.26. The third-order valence-corrected chi connectivity index (χ3v) is 4.65. The maximum absolute atomic E-state index is 10.9. The molecular formula is C18H27NO2. The number of carboxylic acid groups (broad SMARTS) is 1. The Labute approximate surface area is 128 Å². The highest BCUT2D eigenvalue weighted by molar-refractivity contribution is 5.87. The summed E-state index contributed by atoms with van der Waals surface area (Å²) in [5, 5.41) is 8.93. The number of aromatic carboxylic acids is 1. The van der Waals surface area contributed by atoms with Crippen molar-refractivity contribution in [3.63, 3.8) is 0 Å². The van der Waals surface area contributed by atoms with E-state index in [1.165, 1.54) is 24.8 Å². The van der Waals surface area contributed by atoms with Crippen LogP contribution in [0, 0.1) is 11.3 Å². The van der Waals surface area contributed by atoms with Crippen molar-refractivity contribution in [3.05, 3.63) is 35.4 Å². The molecule has 0 radical (unpaired) electrons. The first kappa shape index (κ1) is 16.0. The van der Waals surface area contributed by atoms with E-state index in [1.54, 1.807) is 12.1 Å². The van der Waals surface area contributed by atoms with Crippen LogP contribution in [-0.2, 0) is 6.54 Å². The largest absolute Gasteiger partial charge is 0.478 e. The highest BCUT2D eigenvalue weighted by Crippen LogP contribution is 2.34. The zero-order valence-electron chi connectivity index (χ0n) is 13.4. The molecule has 1 heterocycles. The van der Waals surface area contributed by atoms with Gasteiger partial charge in [-0.15, -0.1) is 0 Å². The minimum Gasteiger partial charge on any atom is -0.478 e. The van der Waals surface area contributed by atoms with Gasteiger partial charge in [-0.05, 0) is 61.4 Å². The Balaban J connectivity index is 1.93. The number of carboxylic acids is 1. The first-order valence-corrected chi connectivity index (χ1v) is 7.91. The van der Waals surface area contributed by atoms with Crippen LogP contribution in [0.5, 0.6) is 0 Å². The lowest BCUT2D eigenvalue weighted by atomic mass is 9.77. The summed E-state index contributed by atoms with van der Waals surface area (Å²) in [6.45, 7) is 10.3. The third kappa shape index (κ3) is 4.57. The predicted octanol–water partition coefficient (Wildman–Crippen LogP) is 4.03. The molecule has 1 atom stereocenters. The molecule has 0 amide bonds. The molecule has 21 heavy (non-hydrogen) atoms. The van der Waals surface area contributed by atoms with Crippen molar-refractivity contribution in [1.82, 2.24) is 4.90 Å². The Morgan fingerprint density at radius 2 is 1.86 bits per heavy atom. The van der Waals surface area contributed by atoms with E-state index < -0.39 is 5.97 Å². The Bertz CT molecular complexity index is 473. The van der Waals surface area contributed by atoms with E-state index in [4.69, 9.17) is 5.11 Å². The summed E-state index contributed by atoms with van der Waals surface area (Å²) in [6.07, 6.45) is 3.84. The summed E-state index contributed by atoms with van der Waals surface area (Å²) in [5.74, 6) is -0.0544. The van der Waals surface area contributed by atoms with Crippen molar-refractivity contribution in [2.45, 2.75) is 46.6 Å². The van der Waals surface area contributed by atoms with Crippen LogP contribution >= 0.6 is 0 Å². The van der Waals surface area contributed by atoms with Crippen LogP contribution in [0.15, 0.2) is 24.3 Å². The molecule has 0 bridgehead atoms. The minimum atomic E-state index is -0.857. The third-order valence-electron chi connectivity index (χ3n) is 4.65. The van der Waals surface area contributed by atoms with Gasteiger partial charge in [0.15, 0.2) is 0 Å². The predicted molar refractivity (Wildman–Crippen MR) is 85.5 cm³/mol. The van der Waals surface area contributed by atoms with Crippen molar-refractivity contribution >= 4 is 5.97 Å². The first-order valence-electron chi connectivity index (χ1n) is 7.91. The van der Waals surface area contributed by atoms with E-state index in [0.717, 1.165) is 25.6 Å². The van der Waals surface area contributed by atoms with Gasteiger partial charge < -0.3 is 5.11 Å². The fourth-order valence-electron chi connectivity index (χ4n) is 3.19. The average Bonchev–Trinajstić information content (AvgIpc) is 2.64. The lowest BCUT2D eigenvalue weighted by Crippen LogP contribution is -2.26. The van der Waals surface area contributed by atoms with Crippen molar-refractivity contribution in [2.75, 3.05) is 13.1 Å². The van der Waals surface area contributed by atoms with Crippen LogP contribution < -0.4 is 0 Å². The fourth-order valence-corrected chi connectivity index (χ4v) is 3.19. The molecule has 3 heteroatoms. The second kappa shape index (κ2) is 6.61. The van der Waals surface area contributed by atoms with Crippen LogP contribution in [-0.4, -0.2) is 29.1 Å². The number of likely N-dealkylation sites (tertiary alicyclic amines) is 1. The molecule has 2 rings (SSSR count). The maximum atomic E-state index is 10.9. The average molecular weight is 289 g/mol. The molecule has 0 aliphatic carbocycles. The molecule has 1 fully saturated rings. The molecular weight excluding hydrogens is 262 g/mol. The van der Waals surface area contributed by atoms with Gasteiger partial charge in [0.05, 0.1) is 5.56 Å². The molecule has 0 saturated carbocycles. The summed E-state index contributed by atoms with van der Waals surface area (Å²) >= 11 is 0. The van der Waals surface area contributed by atoms with Gasteiger partial charge in [-0.1, -0.05) is 32.9 Å². The Kier molecular flexibility index (Phi) is 5.04. The monoisotopic (exact) mass is 289 g/mol. The van der Waals surface area contributed by atoms with Crippen LogP contribution in [0.25, 0.3) is 0 Å². The van der Waals surface area contributed by atoms with Gasteiger partial charge in [0.25, 0.3) is 0 Å². The van der Waals surface area contributed by atoms with Crippen LogP contribution in [0.3, 0.4) is 0 Å². The second-order valence-electron chi connectivity index (χ2n) is 7.27. The Hall–Kier alpha value is -1.35. The number of hydrogen-bond acceptors (Lipinski definition) is 2. The zero-order chi connectivity index (χ0) is 15.5. The molecule has 1 aliphatic rings. The van der Waals surface area contributed by atoms with Crippen LogP contribution in [0.2, 0.25) is 0 Å². The highest BCUT2D eigenvalue weighted by atomic mass is 16.4. The molecule has 1 unspecified atom stereocenters. The lowest BCUT2D eigenvalue weighted by Gasteiger charge is -2.29. The number of rotatable bonds is 3. The smallest absolute Gasteiger partial charge is 0.335 e. The molecule has 1 aromatic carbocycles. The molecule has 3 nitrogen and oxygen atoms in total. The summed E-state index contributed by atoms with van der Waals surface area (Å²) in [4.78, 5) is 13.4. The summed E-state index contributed by atoms with van der Waals surface area (Å²) in [7, 11) is 0.